The maximum atomic E-state index is 12.5. The number of amides is 2. The van der Waals surface area contributed by atoms with Crippen molar-refractivity contribution in [1.29, 1.82) is 0 Å². The predicted molar refractivity (Wildman–Crippen MR) is 75.4 cm³/mol. The molecule has 0 bridgehead atoms. The fraction of sp³-hybridized carbons (Fsp3) is 0.846. The fourth-order valence-electron chi connectivity index (χ4n) is 2.86. The van der Waals surface area contributed by atoms with Crippen LogP contribution in [-0.2, 0) is 4.79 Å². The first-order valence-electron chi connectivity index (χ1n) is 6.94. The van der Waals surface area contributed by atoms with Crippen LogP contribution < -0.4 is 0 Å². The Balaban J connectivity index is 1.98. The van der Waals surface area contributed by atoms with Gasteiger partial charge in [-0.1, -0.05) is 6.92 Å². The molecule has 0 aromatic rings. The zero-order valence-electron chi connectivity index (χ0n) is 11.5. The molecule has 0 aliphatic carbocycles. The number of rotatable bonds is 2. The molecular weight excluding hydrogens is 264 g/mol. The number of thioether (sulfide) groups is 1. The van der Waals surface area contributed by atoms with Crippen molar-refractivity contribution in [1.82, 2.24) is 9.80 Å². The van der Waals surface area contributed by atoms with Gasteiger partial charge in [-0.15, -0.1) is 0 Å². The first-order valence-corrected chi connectivity index (χ1v) is 7.99. The maximum Gasteiger partial charge on any atom is 0.320 e. The Morgan fingerprint density at radius 3 is 2.68 bits per heavy atom. The quantitative estimate of drug-likeness (QED) is 0.840. The van der Waals surface area contributed by atoms with E-state index in [1.807, 2.05) is 23.6 Å². The summed E-state index contributed by atoms with van der Waals surface area (Å²) in [6.07, 6.45) is 1.64. The van der Waals surface area contributed by atoms with Gasteiger partial charge in [0.05, 0.1) is 5.92 Å². The van der Waals surface area contributed by atoms with Crippen LogP contribution in [0.2, 0.25) is 0 Å². The first kappa shape index (κ1) is 14.5. The van der Waals surface area contributed by atoms with Crippen LogP contribution >= 0.6 is 11.8 Å². The van der Waals surface area contributed by atoms with Crippen LogP contribution in [0.3, 0.4) is 0 Å². The average molecular weight is 286 g/mol. The highest BCUT2D eigenvalue weighted by Gasteiger charge is 2.40. The highest BCUT2D eigenvalue weighted by molar-refractivity contribution is 8.00. The Kier molecular flexibility index (Phi) is 4.60. The molecule has 1 N–H and O–H groups in total. The van der Waals surface area contributed by atoms with Crippen LogP contribution in [-0.4, -0.2) is 63.6 Å². The van der Waals surface area contributed by atoms with Gasteiger partial charge in [-0.25, -0.2) is 4.79 Å². The molecule has 0 aromatic carbocycles. The van der Waals surface area contributed by atoms with Crippen molar-refractivity contribution >= 4 is 23.8 Å². The molecule has 0 radical (unpaired) electrons. The number of hydrogen-bond donors (Lipinski definition) is 1. The molecule has 0 saturated carbocycles. The summed E-state index contributed by atoms with van der Waals surface area (Å²) < 4.78 is 0. The van der Waals surface area contributed by atoms with Crippen LogP contribution in [0.25, 0.3) is 0 Å². The SMILES string of the molecule is CCC1CN(C(=O)N2CCC(C(=O)O)C2C)CCS1. The van der Waals surface area contributed by atoms with Gasteiger partial charge in [-0.3, -0.25) is 4.79 Å². The van der Waals surface area contributed by atoms with E-state index in [4.69, 9.17) is 5.11 Å². The molecule has 2 aliphatic heterocycles. The van der Waals surface area contributed by atoms with Crippen molar-refractivity contribution < 1.29 is 14.7 Å². The first-order chi connectivity index (χ1) is 9.04. The van der Waals surface area contributed by atoms with Gasteiger partial charge < -0.3 is 14.9 Å². The number of aliphatic carboxylic acids is 1. The van der Waals surface area contributed by atoms with Crippen LogP contribution in [0.1, 0.15) is 26.7 Å². The Bertz CT molecular complexity index is 364. The van der Waals surface area contributed by atoms with Crippen molar-refractivity contribution in [2.75, 3.05) is 25.4 Å². The van der Waals surface area contributed by atoms with Gasteiger partial charge in [0.25, 0.3) is 0 Å². The monoisotopic (exact) mass is 286 g/mol. The number of hydrogen-bond acceptors (Lipinski definition) is 3. The Morgan fingerprint density at radius 2 is 2.11 bits per heavy atom. The molecular formula is C13H22N2O3S. The molecule has 2 fully saturated rings. The van der Waals surface area contributed by atoms with Gasteiger partial charge in [0, 0.05) is 36.7 Å². The minimum atomic E-state index is -0.788. The van der Waals surface area contributed by atoms with Gasteiger partial charge in [0.15, 0.2) is 0 Å². The number of carboxylic acid groups (broad SMARTS) is 1. The van der Waals surface area contributed by atoms with E-state index in [9.17, 15) is 9.59 Å². The van der Waals surface area contributed by atoms with E-state index >= 15 is 0 Å². The lowest BCUT2D eigenvalue weighted by atomic mass is 10.0. The topological polar surface area (TPSA) is 60.9 Å². The summed E-state index contributed by atoms with van der Waals surface area (Å²) >= 11 is 1.93. The molecule has 5 nitrogen and oxygen atoms in total. The lowest BCUT2D eigenvalue weighted by Crippen LogP contribution is -2.50. The summed E-state index contributed by atoms with van der Waals surface area (Å²) in [5.74, 6) is -0.219. The lowest BCUT2D eigenvalue weighted by Gasteiger charge is -2.36. The van der Waals surface area contributed by atoms with Gasteiger partial charge in [0.2, 0.25) is 0 Å². The second kappa shape index (κ2) is 6.03. The Hall–Kier alpha value is -0.910. The van der Waals surface area contributed by atoms with E-state index in [0.29, 0.717) is 18.2 Å². The molecule has 2 aliphatic rings. The van der Waals surface area contributed by atoms with E-state index in [1.54, 1.807) is 4.90 Å². The molecule has 2 amide bonds. The van der Waals surface area contributed by atoms with Gasteiger partial charge in [-0.2, -0.15) is 11.8 Å². The normalized spacial score (nSPS) is 31.6. The summed E-state index contributed by atoms with van der Waals surface area (Å²) in [4.78, 5) is 27.2. The Morgan fingerprint density at radius 1 is 1.37 bits per heavy atom. The molecule has 2 heterocycles. The highest BCUT2D eigenvalue weighted by atomic mass is 32.2. The summed E-state index contributed by atoms with van der Waals surface area (Å²) in [6.45, 7) is 6.13. The summed E-state index contributed by atoms with van der Waals surface area (Å²) in [6, 6.07) is -0.172. The van der Waals surface area contributed by atoms with Crippen molar-refractivity contribution in [3.05, 3.63) is 0 Å². The molecule has 0 aromatic heterocycles. The molecule has 2 rings (SSSR count). The van der Waals surface area contributed by atoms with E-state index < -0.39 is 11.9 Å². The zero-order valence-corrected chi connectivity index (χ0v) is 12.4. The van der Waals surface area contributed by atoms with E-state index in [0.717, 1.165) is 25.3 Å². The highest BCUT2D eigenvalue weighted by Crippen LogP contribution is 2.28. The van der Waals surface area contributed by atoms with Crippen molar-refractivity contribution in [3.63, 3.8) is 0 Å². The molecule has 3 atom stereocenters. The largest absolute Gasteiger partial charge is 0.481 e. The minimum Gasteiger partial charge on any atom is -0.481 e. The third-order valence-corrected chi connectivity index (χ3v) is 5.55. The molecule has 6 heteroatoms. The summed E-state index contributed by atoms with van der Waals surface area (Å²) in [5, 5.41) is 9.64. The Labute approximate surface area is 118 Å². The van der Waals surface area contributed by atoms with E-state index in [2.05, 4.69) is 6.92 Å². The van der Waals surface area contributed by atoms with E-state index in [-0.39, 0.29) is 12.1 Å². The summed E-state index contributed by atoms with van der Waals surface area (Å²) in [7, 11) is 0. The predicted octanol–water partition coefficient (Wildman–Crippen LogP) is 1.73. The van der Waals surface area contributed by atoms with Crippen LogP contribution in [0.15, 0.2) is 0 Å². The third-order valence-electron chi connectivity index (χ3n) is 4.18. The third kappa shape index (κ3) is 2.99. The standard InChI is InChI=1S/C13H22N2O3S/c1-3-10-8-14(6-7-19-10)13(18)15-5-4-11(9(15)2)12(16)17/h9-11H,3-8H2,1-2H3,(H,16,17). The smallest absolute Gasteiger partial charge is 0.320 e. The van der Waals surface area contributed by atoms with E-state index in [1.165, 1.54) is 0 Å². The lowest BCUT2D eigenvalue weighted by molar-refractivity contribution is -0.142. The molecule has 2 saturated heterocycles. The number of likely N-dealkylation sites (tertiary alicyclic amines) is 1. The molecule has 3 unspecified atom stereocenters. The number of urea groups is 1. The van der Waals surface area contributed by atoms with Crippen LogP contribution in [0.5, 0.6) is 0 Å². The van der Waals surface area contributed by atoms with Crippen LogP contribution in [0, 0.1) is 5.92 Å². The number of carbonyl (C=O) groups excluding carboxylic acids is 1. The van der Waals surface area contributed by atoms with Gasteiger partial charge in [-0.05, 0) is 19.8 Å². The number of nitrogens with zero attached hydrogens (tertiary/aromatic N) is 2. The molecule has 19 heavy (non-hydrogen) atoms. The van der Waals surface area contributed by atoms with Crippen LogP contribution in [0.4, 0.5) is 4.79 Å². The summed E-state index contributed by atoms with van der Waals surface area (Å²) in [5.41, 5.74) is 0. The van der Waals surface area contributed by atoms with Gasteiger partial charge >= 0.3 is 12.0 Å². The van der Waals surface area contributed by atoms with Gasteiger partial charge in [0.1, 0.15) is 0 Å². The zero-order chi connectivity index (χ0) is 14.0. The van der Waals surface area contributed by atoms with Crippen molar-refractivity contribution in [2.24, 2.45) is 5.92 Å². The van der Waals surface area contributed by atoms with Crippen molar-refractivity contribution in [3.8, 4) is 0 Å². The fourth-order valence-corrected chi connectivity index (χ4v) is 4.04. The number of carboxylic acids is 1. The molecule has 0 spiro atoms. The second-order valence-corrected chi connectivity index (χ2v) is 6.71. The molecule has 108 valence electrons. The second-order valence-electron chi connectivity index (χ2n) is 5.30. The minimum absolute atomic E-state index is 0.0231. The average Bonchev–Trinajstić information content (AvgIpc) is 2.80. The van der Waals surface area contributed by atoms with Crippen molar-refractivity contribution in [2.45, 2.75) is 38.0 Å². The number of carbonyl (C=O) groups is 2. The maximum absolute atomic E-state index is 12.5.